The molecule has 0 saturated heterocycles. The summed E-state index contributed by atoms with van der Waals surface area (Å²) in [5, 5.41) is 0.574. The van der Waals surface area contributed by atoms with Crippen molar-refractivity contribution < 1.29 is 13.9 Å². The fourth-order valence-electron chi connectivity index (χ4n) is 1.70. The number of benzene rings is 1. The van der Waals surface area contributed by atoms with E-state index in [2.05, 4.69) is 4.98 Å². The van der Waals surface area contributed by atoms with Crippen molar-refractivity contribution in [3.05, 3.63) is 39.9 Å². The zero-order valence-electron chi connectivity index (χ0n) is 9.12. The van der Waals surface area contributed by atoms with Crippen LogP contribution in [0.5, 0.6) is 5.75 Å². The van der Waals surface area contributed by atoms with Crippen LogP contribution < -0.4 is 10.3 Å². The van der Waals surface area contributed by atoms with E-state index in [1.807, 2.05) is 0 Å². The van der Waals surface area contributed by atoms with E-state index in [1.54, 1.807) is 6.07 Å². The molecule has 0 bridgehead atoms. The molecule has 1 N–H and O–H groups in total. The van der Waals surface area contributed by atoms with Gasteiger partial charge in [0.05, 0.1) is 12.6 Å². The minimum atomic E-state index is -0.492. The molecule has 1 aromatic heterocycles. The van der Waals surface area contributed by atoms with Crippen molar-refractivity contribution in [3.63, 3.8) is 0 Å². The lowest BCUT2D eigenvalue weighted by molar-refractivity contribution is -0.107. The molecule has 4 nitrogen and oxygen atoms in total. The van der Waals surface area contributed by atoms with Gasteiger partial charge in [0.15, 0.2) is 0 Å². The minimum absolute atomic E-state index is 0.0196. The highest BCUT2D eigenvalue weighted by molar-refractivity contribution is 5.86. The summed E-state index contributed by atoms with van der Waals surface area (Å²) >= 11 is 0. The summed E-state index contributed by atoms with van der Waals surface area (Å²) in [6.45, 7) is 0. The first kappa shape index (κ1) is 11.3. The van der Waals surface area contributed by atoms with Crippen molar-refractivity contribution in [1.82, 2.24) is 4.98 Å². The Morgan fingerprint density at radius 2 is 2.18 bits per heavy atom. The van der Waals surface area contributed by atoms with Crippen molar-refractivity contribution in [1.29, 1.82) is 0 Å². The number of aromatic amines is 1. The van der Waals surface area contributed by atoms with Gasteiger partial charge in [-0.25, -0.2) is 4.39 Å². The molecule has 1 aromatic carbocycles. The number of hydrogen-bond donors (Lipinski definition) is 1. The molecule has 5 heteroatoms. The zero-order chi connectivity index (χ0) is 12.4. The number of halogens is 1. The van der Waals surface area contributed by atoms with Crippen LogP contribution in [0.15, 0.2) is 23.0 Å². The van der Waals surface area contributed by atoms with Crippen molar-refractivity contribution in [3.8, 4) is 5.75 Å². The van der Waals surface area contributed by atoms with Gasteiger partial charge in [0.25, 0.3) is 5.56 Å². The molecule has 1 heterocycles. The molecule has 0 aliphatic rings. The highest BCUT2D eigenvalue weighted by atomic mass is 19.1. The lowest BCUT2D eigenvalue weighted by Crippen LogP contribution is -2.13. The number of rotatable bonds is 3. The molecule has 2 aromatic rings. The van der Waals surface area contributed by atoms with Gasteiger partial charge in [0.2, 0.25) is 0 Å². The summed E-state index contributed by atoms with van der Waals surface area (Å²) in [6.07, 6.45) is 0.665. The maximum atomic E-state index is 13.2. The number of aldehydes is 1. The van der Waals surface area contributed by atoms with Crippen molar-refractivity contribution in [2.24, 2.45) is 0 Å². The highest BCUT2D eigenvalue weighted by Gasteiger charge is 2.08. The smallest absolute Gasteiger partial charge is 0.252 e. The molecule has 0 atom stereocenters. The van der Waals surface area contributed by atoms with Gasteiger partial charge in [-0.15, -0.1) is 0 Å². The Hall–Kier alpha value is -2.17. The summed E-state index contributed by atoms with van der Waals surface area (Å²) in [7, 11) is 1.42. The molecule has 0 saturated carbocycles. The highest BCUT2D eigenvalue weighted by Crippen LogP contribution is 2.25. The predicted molar refractivity (Wildman–Crippen MR) is 60.8 cm³/mol. The van der Waals surface area contributed by atoms with Gasteiger partial charge >= 0.3 is 0 Å². The monoisotopic (exact) mass is 235 g/mol. The fourth-order valence-corrected chi connectivity index (χ4v) is 1.70. The van der Waals surface area contributed by atoms with E-state index in [4.69, 9.17) is 4.74 Å². The number of pyridine rings is 1. The van der Waals surface area contributed by atoms with Crippen LogP contribution in [-0.2, 0) is 11.2 Å². The second-order valence-corrected chi connectivity index (χ2v) is 3.56. The van der Waals surface area contributed by atoms with E-state index in [0.29, 0.717) is 28.5 Å². The first-order valence-corrected chi connectivity index (χ1v) is 4.99. The summed E-state index contributed by atoms with van der Waals surface area (Å²) in [5.74, 6) is -0.170. The minimum Gasteiger partial charge on any atom is -0.496 e. The molecule has 17 heavy (non-hydrogen) atoms. The summed E-state index contributed by atoms with van der Waals surface area (Å²) < 4.78 is 18.2. The van der Waals surface area contributed by atoms with Gasteiger partial charge in [0.1, 0.15) is 17.9 Å². The molecule has 0 amide bonds. The van der Waals surface area contributed by atoms with Gasteiger partial charge in [-0.1, -0.05) is 0 Å². The number of aromatic nitrogens is 1. The first-order valence-electron chi connectivity index (χ1n) is 4.99. The van der Waals surface area contributed by atoms with Gasteiger partial charge in [0, 0.05) is 23.4 Å². The lowest BCUT2D eigenvalue weighted by atomic mass is 10.1. The van der Waals surface area contributed by atoms with E-state index >= 15 is 0 Å². The fraction of sp³-hybridized carbons (Fsp3) is 0.167. The Morgan fingerprint density at radius 3 is 2.82 bits per heavy atom. The SMILES string of the molecule is COc1cc(F)cc2[nH]c(=O)c(CC=O)cc12. The third-order valence-corrected chi connectivity index (χ3v) is 2.49. The van der Waals surface area contributed by atoms with Crippen LogP contribution in [0.3, 0.4) is 0 Å². The largest absolute Gasteiger partial charge is 0.496 e. The summed E-state index contributed by atoms with van der Waals surface area (Å²) in [5.41, 5.74) is 0.288. The molecular formula is C12H10FNO3. The Labute approximate surface area is 96.0 Å². The standard InChI is InChI=1S/C12H10FNO3/c1-17-11-6-8(13)5-10-9(11)4-7(2-3-15)12(16)14-10/h3-6H,2H2,1H3,(H,14,16). The van der Waals surface area contributed by atoms with E-state index in [0.717, 1.165) is 0 Å². The molecule has 0 aliphatic heterocycles. The van der Waals surface area contributed by atoms with E-state index in [-0.39, 0.29) is 6.42 Å². The number of nitrogens with one attached hydrogen (secondary N) is 1. The molecular weight excluding hydrogens is 225 g/mol. The van der Waals surface area contributed by atoms with Crippen LogP contribution in [0.4, 0.5) is 4.39 Å². The zero-order valence-corrected chi connectivity index (χ0v) is 9.12. The molecule has 0 unspecified atom stereocenters. The van der Waals surface area contributed by atoms with Crippen LogP contribution in [0.1, 0.15) is 5.56 Å². The second-order valence-electron chi connectivity index (χ2n) is 3.56. The normalized spacial score (nSPS) is 10.5. The van der Waals surface area contributed by atoms with Gasteiger partial charge in [-0.2, -0.15) is 0 Å². The van der Waals surface area contributed by atoms with Crippen LogP contribution in [0.25, 0.3) is 10.9 Å². The van der Waals surface area contributed by atoms with Gasteiger partial charge < -0.3 is 14.5 Å². The Morgan fingerprint density at radius 1 is 1.41 bits per heavy atom. The van der Waals surface area contributed by atoms with E-state index < -0.39 is 11.4 Å². The van der Waals surface area contributed by atoms with Crippen LogP contribution >= 0.6 is 0 Å². The Balaban J connectivity index is 2.78. The number of hydrogen-bond acceptors (Lipinski definition) is 3. The lowest BCUT2D eigenvalue weighted by Gasteiger charge is -2.06. The number of ether oxygens (including phenoxy) is 1. The molecule has 0 radical (unpaired) electrons. The topological polar surface area (TPSA) is 59.2 Å². The average Bonchev–Trinajstić information content (AvgIpc) is 2.29. The third-order valence-electron chi connectivity index (χ3n) is 2.49. The predicted octanol–water partition coefficient (Wildman–Crippen LogP) is 1.42. The molecule has 0 aliphatic carbocycles. The quantitative estimate of drug-likeness (QED) is 0.818. The van der Waals surface area contributed by atoms with Crippen molar-refractivity contribution in [2.75, 3.05) is 7.11 Å². The summed E-state index contributed by atoms with van der Waals surface area (Å²) in [4.78, 5) is 24.5. The second kappa shape index (κ2) is 4.37. The third kappa shape index (κ3) is 2.04. The number of H-pyrrole nitrogens is 1. The van der Waals surface area contributed by atoms with Crippen LogP contribution in [-0.4, -0.2) is 18.4 Å². The maximum absolute atomic E-state index is 13.2. The molecule has 0 spiro atoms. The van der Waals surface area contributed by atoms with E-state index in [1.165, 1.54) is 19.2 Å². The number of fused-ring (bicyclic) bond motifs is 1. The van der Waals surface area contributed by atoms with Crippen LogP contribution in [0, 0.1) is 5.82 Å². The number of carbonyl (C=O) groups is 1. The van der Waals surface area contributed by atoms with E-state index in [9.17, 15) is 14.0 Å². The van der Waals surface area contributed by atoms with Gasteiger partial charge in [-0.3, -0.25) is 4.79 Å². The Bertz CT molecular complexity index is 633. The van der Waals surface area contributed by atoms with Crippen LogP contribution in [0.2, 0.25) is 0 Å². The molecule has 0 fully saturated rings. The number of carbonyl (C=O) groups excluding carboxylic acids is 1. The average molecular weight is 235 g/mol. The molecule has 88 valence electrons. The number of methoxy groups -OCH3 is 1. The Kier molecular flexibility index (Phi) is 2.91. The van der Waals surface area contributed by atoms with Gasteiger partial charge in [-0.05, 0) is 12.1 Å². The van der Waals surface area contributed by atoms with Crippen molar-refractivity contribution in [2.45, 2.75) is 6.42 Å². The maximum Gasteiger partial charge on any atom is 0.252 e. The first-order chi connectivity index (χ1) is 8.15. The summed E-state index contributed by atoms with van der Waals surface area (Å²) in [6, 6.07) is 3.98. The van der Waals surface area contributed by atoms with Crippen molar-refractivity contribution >= 4 is 17.2 Å². The molecule has 2 rings (SSSR count).